The number of Topliss-reactive ketones (excluding diaryl/α,β-unsaturated/α-hetero) is 1. The van der Waals surface area contributed by atoms with Crippen molar-refractivity contribution in [3.63, 3.8) is 0 Å². The Morgan fingerprint density at radius 1 is 1.11 bits per heavy atom. The van der Waals surface area contributed by atoms with Gasteiger partial charge in [0.25, 0.3) is 0 Å². The molecule has 2 saturated heterocycles. The highest BCUT2D eigenvalue weighted by Gasteiger charge is 2.48. The van der Waals surface area contributed by atoms with Crippen LogP contribution < -0.4 is 10.2 Å². The molecule has 3 heterocycles. The monoisotopic (exact) mass is 476 g/mol. The summed E-state index contributed by atoms with van der Waals surface area (Å²) in [4.78, 5) is 33.3. The van der Waals surface area contributed by atoms with Crippen molar-refractivity contribution in [1.29, 1.82) is 0 Å². The van der Waals surface area contributed by atoms with Gasteiger partial charge < -0.3 is 15.3 Å². The molecule has 2 aromatic rings. The van der Waals surface area contributed by atoms with Crippen LogP contribution in [0.3, 0.4) is 0 Å². The van der Waals surface area contributed by atoms with Gasteiger partial charge in [-0.3, -0.25) is 14.5 Å². The van der Waals surface area contributed by atoms with E-state index in [1.54, 1.807) is 0 Å². The maximum Gasteiger partial charge on any atom is 0.321 e. The second-order valence-electron chi connectivity index (χ2n) is 10.5. The van der Waals surface area contributed by atoms with Crippen molar-refractivity contribution in [2.24, 2.45) is 11.3 Å². The quantitative estimate of drug-likeness (QED) is 0.599. The van der Waals surface area contributed by atoms with Gasteiger partial charge in [-0.05, 0) is 74.3 Å². The number of likely N-dealkylation sites (tertiary alicyclic amines) is 1. The zero-order valence-corrected chi connectivity index (χ0v) is 20.4. The lowest BCUT2D eigenvalue weighted by atomic mass is 9.84. The number of nitrogens with one attached hydrogen (secondary N) is 1. The molecule has 1 spiro atoms. The standard InChI is InChI=1S/C28H36N4O3/c33-25-4-3-12-28(25)13-17-32(20-28)24(27(34)35)18-21-6-8-23(9-7-21)31-15-10-22(11-16-31)19-30-26-5-1-2-14-29-26/h1-2,5-9,14,22,24H,3-4,10-13,15-20H2,(H,29,30)(H,34,35). The van der Waals surface area contributed by atoms with Gasteiger partial charge in [0, 0.05) is 56.4 Å². The van der Waals surface area contributed by atoms with Crippen LogP contribution in [0.4, 0.5) is 11.5 Å². The van der Waals surface area contributed by atoms with Gasteiger partial charge in [0.15, 0.2) is 0 Å². The molecule has 3 fully saturated rings. The fourth-order valence-corrected chi connectivity index (χ4v) is 6.14. The van der Waals surface area contributed by atoms with Crippen LogP contribution in [0.5, 0.6) is 0 Å². The number of ketones is 1. The van der Waals surface area contributed by atoms with Gasteiger partial charge in [0.1, 0.15) is 17.6 Å². The second kappa shape index (κ2) is 10.4. The van der Waals surface area contributed by atoms with E-state index in [1.807, 2.05) is 29.3 Å². The average molecular weight is 477 g/mol. The molecule has 1 aromatic carbocycles. The number of aromatic nitrogens is 1. The molecule has 1 saturated carbocycles. The Morgan fingerprint density at radius 3 is 2.57 bits per heavy atom. The predicted molar refractivity (Wildman–Crippen MR) is 137 cm³/mol. The molecule has 35 heavy (non-hydrogen) atoms. The van der Waals surface area contributed by atoms with Crippen molar-refractivity contribution in [3.05, 3.63) is 54.2 Å². The Morgan fingerprint density at radius 2 is 1.91 bits per heavy atom. The number of pyridine rings is 1. The highest BCUT2D eigenvalue weighted by atomic mass is 16.4. The molecule has 0 radical (unpaired) electrons. The van der Waals surface area contributed by atoms with E-state index in [0.717, 1.165) is 63.1 Å². The molecule has 2 aliphatic heterocycles. The first-order valence-corrected chi connectivity index (χ1v) is 13.0. The molecule has 3 aliphatic rings. The Labute approximate surface area is 207 Å². The van der Waals surface area contributed by atoms with Crippen molar-refractivity contribution in [1.82, 2.24) is 9.88 Å². The Balaban J connectivity index is 1.13. The minimum atomic E-state index is -0.794. The number of hydrogen-bond donors (Lipinski definition) is 2. The molecule has 1 aliphatic carbocycles. The number of carboxylic acids is 1. The number of carbonyl (C=O) groups is 2. The number of aliphatic carboxylic acids is 1. The van der Waals surface area contributed by atoms with Crippen LogP contribution in [-0.2, 0) is 16.0 Å². The van der Waals surface area contributed by atoms with Gasteiger partial charge in [-0.2, -0.15) is 0 Å². The summed E-state index contributed by atoms with van der Waals surface area (Å²) in [6.07, 6.45) is 7.89. The zero-order valence-electron chi connectivity index (χ0n) is 20.4. The number of anilines is 2. The molecule has 7 nitrogen and oxygen atoms in total. The van der Waals surface area contributed by atoms with Gasteiger partial charge in [-0.15, -0.1) is 0 Å². The van der Waals surface area contributed by atoms with Crippen LogP contribution in [0.25, 0.3) is 0 Å². The fourth-order valence-electron chi connectivity index (χ4n) is 6.14. The smallest absolute Gasteiger partial charge is 0.321 e. The largest absolute Gasteiger partial charge is 0.480 e. The number of rotatable bonds is 8. The summed E-state index contributed by atoms with van der Waals surface area (Å²) in [5.41, 5.74) is 1.96. The number of piperidine rings is 1. The maximum atomic E-state index is 12.4. The second-order valence-corrected chi connectivity index (χ2v) is 10.5. The number of benzene rings is 1. The highest BCUT2D eigenvalue weighted by molar-refractivity contribution is 5.87. The van der Waals surface area contributed by atoms with Crippen LogP contribution in [0, 0.1) is 11.3 Å². The third-order valence-electron chi connectivity index (χ3n) is 8.34. The van der Waals surface area contributed by atoms with Crippen molar-refractivity contribution in [2.75, 3.05) is 42.9 Å². The minimum Gasteiger partial charge on any atom is -0.480 e. The summed E-state index contributed by atoms with van der Waals surface area (Å²) in [5, 5.41) is 13.4. The topological polar surface area (TPSA) is 85.8 Å². The number of nitrogens with zero attached hydrogens (tertiary/aromatic N) is 3. The number of carboxylic acid groups (broad SMARTS) is 1. The Bertz CT molecular complexity index is 1020. The molecule has 2 atom stereocenters. The Kier molecular flexibility index (Phi) is 7.04. The van der Waals surface area contributed by atoms with Gasteiger partial charge in [0.2, 0.25) is 0 Å². The average Bonchev–Trinajstić information content (AvgIpc) is 3.48. The summed E-state index contributed by atoms with van der Waals surface area (Å²) in [6.45, 7) is 4.30. The van der Waals surface area contributed by atoms with Crippen LogP contribution in [-0.4, -0.2) is 65.5 Å². The number of hydrogen-bond acceptors (Lipinski definition) is 6. The molecule has 2 unspecified atom stereocenters. The minimum absolute atomic E-state index is 0.281. The summed E-state index contributed by atoms with van der Waals surface area (Å²) in [7, 11) is 0. The predicted octanol–water partition coefficient (Wildman–Crippen LogP) is 3.85. The van der Waals surface area contributed by atoms with Crippen LogP contribution >= 0.6 is 0 Å². The molecule has 2 N–H and O–H groups in total. The van der Waals surface area contributed by atoms with Gasteiger partial charge in [-0.1, -0.05) is 18.2 Å². The first-order valence-electron chi connectivity index (χ1n) is 13.0. The van der Waals surface area contributed by atoms with Crippen LogP contribution in [0.1, 0.15) is 44.1 Å². The van der Waals surface area contributed by atoms with Gasteiger partial charge in [0.05, 0.1) is 0 Å². The molecule has 5 rings (SSSR count). The van der Waals surface area contributed by atoms with Crippen molar-refractivity contribution in [3.8, 4) is 0 Å². The van der Waals surface area contributed by atoms with Crippen molar-refractivity contribution in [2.45, 2.75) is 51.0 Å². The zero-order chi connectivity index (χ0) is 24.3. The van der Waals surface area contributed by atoms with Gasteiger partial charge in [-0.25, -0.2) is 4.98 Å². The molecule has 186 valence electrons. The van der Waals surface area contributed by atoms with E-state index in [0.29, 0.717) is 37.6 Å². The van der Waals surface area contributed by atoms with Crippen molar-refractivity contribution >= 4 is 23.3 Å². The third-order valence-corrected chi connectivity index (χ3v) is 8.34. The lowest BCUT2D eigenvalue weighted by molar-refractivity contribution is -0.143. The summed E-state index contributed by atoms with van der Waals surface area (Å²) in [6, 6.07) is 13.8. The molecule has 1 aromatic heterocycles. The van der Waals surface area contributed by atoms with E-state index in [-0.39, 0.29) is 5.41 Å². The molecular formula is C28H36N4O3. The van der Waals surface area contributed by atoms with E-state index in [9.17, 15) is 14.7 Å². The lowest BCUT2D eigenvalue weighted by Gasteiger charge is -2.34. The van der Waals surface area contributed by atoms with Crippen molar-refractivity contribution < 1.29 is 14.7 Å². The first kappa shape index (κ1) is 23.8. The third kappa shape index (κ3) is 5.35. The molecule has 7 heteroatoms. The van der Waals surface area contributed by atoms with Crippen LogP contribution in [0.2, 0.25) is 0 Å². The lowest BCUT2D eigenvalue weighted by Crippen LogP contribution is -2.43. The summed E-state index contributed by atoms with van der Waals surface area (Å²) >= 11 is 0. The van der Waals surface area contributed by atoms with E-state index in [4.69, 9.17) is 0 Å². The summed E-state index contributed by atoms with van der Waals surface area (Å²) < 4.78 is 0. The van der Waals surface area contributed by atoms with E-state index in [1.165, 1.54) is 5.69 Å². The maximum absolute atomic E-state index is 12.4. The number of carbonyl (C=O) groups excluding carboxylic acids is 1. The summed E-state index contributed by atoms with van der Waals surface area (Å²) in [5.74, 6) is 1.12. The Hall–Kier alpha value is -2.93. The van der Waals surface area contributed by atoms with Gasteiger partial charge >= 0.3 is 5.97 Å². The SMILES string of the molecule is O=C(O)C(Cc1ccc(N2CCC(CNc3ccccn3)CC2)cc1)N1CCC2(CCCC2=O)C1. The molecule has 0 bridgehead atoms. The molecule has 0 amide bonds. The van der Waals surface area contributed by atoms with E-state index < -0.39 is 12.0 Å². The highest BCUT2D eigenvalue weighted by Crippen LogP contribution is 2.43. The molecular weight excluding hydrogens is 440 g/mol. The fraction of sp³-hybridized carbons (Fsp3) is 0.536. The van der Waals surface area contributed by atoms with E-state index in [2.05, 4.69) is 39.5 Å². The van der Waals surface area contributed by atoms with E-state index >= 15 is 0 Å². The normalized spacial score (nSPS) is 24.2. The first-order chi connectivity index (χ1) is 17.0. The van der Waals surface area contributed by atoms with Crippen LogP contribution in [0.15, 0.2) is 48.7 Å².